The second kappa shape index (κ2) is 7.24. The summed E-state index contributed by atoms with van der Waals surface area (Å²) in [5.74, 6) is -0.996. The molecule has 1 amide bonds. The summed E-state index contributed by atoms with van der Waals surface area (Å²) in [5, 5.41) is 11.3. The predicted molar refractivity (Wildman–Crippen MR) is 59.6 cm³/mol. The van der Waals surface area contributed by atoms with E-state index in [0.29, 0.717) is 13.2 Å². The van der Waals surface area contributed by atoms with Gasteiger partial charge in [-0.3, -0.25) is 9.59 Å². The molecule has 1 unspecified atom stereocenters. The molecule has 1 rings (SSSR count). The van der Waals surface area contributed by atoms with E-state index in [1.54, 1.807) is 0 Å². The van der Waals surface area contributed by atoms with Crippen LogP contribution in [0.4, 0.5) is 0 Å². The van der Waals surface area contributed by atoms with Crippen LogP contribution >= 0.6 is 0 Å². The van der Waals surface area contributed by atoms with Gasteiger partial charge in [-0.15, -0.1) is 0 Å². The molecule has 0 aliphatic carbocycles. The van der Waals surface area contributed by atoms with Crippen LogP contribution in [-0.4, -0.2) is 50.0 Å². The van der Waals surface area contributed by atoms with E-state index in [4.69, 9.17) is 14.6 Å². The van der Waals surface area contributed by atoms with Gasteiger partial charge in [-0.1, -0.05) is 0 Å². The molecule has 1 heterocycles. The molecule has 17 heavy (non-hydrogen) atoms. The van der Waals surface area contributed by atoms with Crippen LogP contribution in [0.2, 0.25) is 0 Å². The quantitative estimate of drug-likeness (QED) is 0.689. The summed E-state index contributed by atoms with van der Waals surface area (Å²) in [6.45, 7) is 1.46. The van der Waals surface area contributed by atoms with Gasteiger partial charge in [0.25, 0.3) is 0 Å². The zero-order valence-electron chi connectivity index (χ0n) is 9.98. The summed E-state index contributed by atoms with van der Waals surface area (Å²) in [4.78, 5) is 22.2. The van der Waals surface area contributed by atoms with Gasteiger partial charge in [-0.25, -0.2) is 0 Å². The lowest BCUT2D eigenvalue weighted by Crippen LogP contribution is -2.39. The Morgan fingerprint density at radius 1 is 1.47 bits per heavy atom. The minimum absolute atomic E-state index is 0.0221. The van der Waals surface area contributed by atoms with Crippen LogP contribution in [0.15, 0.2) is 0 Å². The highest BCUT2D eigenvalue weighted by Crippen LogP contribution is 2.14. The van der Waals surface area contributed by atoms with Crippen molar-refractivity contribution in [2.45, 2.75) is 25.4 Å². The molecule has 6 heteroatoms. The van der Waals surface area contributed by atoms with Gasteiger partial charge in [0.05, 0.1) is 12.5 Å². The molecule has 1 atom stereocenters. The monoisotopic (exact) mass is 245 g/mol. The molecule has 2 N–H and O–H groups in total. The van der Waals surface area contributed by atoms with E-state index in [0.717, 1.165) is 12.8 Å². The third kappa shape index (κ3) is 5.14. The second-order valence-electron chi connectivity index (χ2n) is 4.09. The second-order valence-corrected chi connectivity index (χ2v) is 4.09. The highest BCUT2D eigenvalue weighted by atomic mass is 16.5. The Kier molecular flexibility index (Phi) is 5.93. The average molecular weight is 245 g/mol. The van der Waals surface area contributed by atoms with Crippen molar-refractivity contribution in [3.63, 3.8) is 0 Å². The molecule has 6 nitrogen and oxygen atoms in total. The Morgan fingerprint density at radius 3 is 2.65 bits per heavy atom. The van der Waals surface area contributed by atoms with E-state index in [2.05, 4.69) is 5.32 Å². The van der Waals surface area contributed by atoms with E-state index >= 15 is 0 Å². The molecule has 1 aliphatic rings. The van der Waals surface area contributed by atoms with Crippen LogP contribution in [0, 0.1) is 5.92 Å². The van der Waals surface area contributed by atoms with Crippen molar-refractivity contribution in [3.05, 3.63) is 0 Å². The number of nitrogens with one attached hydrogen (secondary N) is 1. The van der Waals surface area contributed by atoms with Crippen molar-refractivity contribution in [1.29, 1.82) is 0 Å². The first-order chi connectivity index (χ1) is 8.13. The first-order valence-corrected chi connectivity index (χ1v) is 5.73. The zero-order valence-corrected chi connectivity index (χ0v) is 9.98. The van der Waals surface area contributed by atoms with Gasteiger partial charge in [-0.05, 0) is 12.8 Å². The molecule has 0 aromatic heterocycles. The summed E-state index contributed by atoms with van der Waals surface area (Å²) in [7, 11) is 1.44. The first-order valence-electron chi connectivity index (χ1n) is 5.73. The van der Waals surface area contributed by atoms with Crippen LogP contribution in [0.3, 0.4) is 0 Å². The van der Waals surface area contributed by atoms with E-state index in [1.807, 2.05) is 0 Å². The van der Waals surface area contributed by atoms with Crippen molar-refractivity contribution < 1.29 is 24.2 Å². The van der Waals surface area contributed by atoms with Crippen LogP contribution in [0.1, 0.15) is 19.3 Å². The molecule has 1 saturated heterocycles. The molecular formula is C11H19NO5. The van der Waals surface area contributed by atoms with Gasteiger partial charge >= 0.3 is 5.97 Å². The molecule has 98 valence electrons. The summed E-state index contributed by atoms with van der Waals surface area (Å²) in [6, 6.07) is 0. The molecular weight excluding hydrogens is 226 g/mol. The summed E-state index contributed by atoms with van der Waals surface area (Å²) in [5.41, 5.74) is 0. The van der Waals surface area contributed by atoms with Crippen LogP contribution < -0.4 is 5.32 Å². The van der Waals surface area contributed by atoms with E-state index in [-0.39, 0.29) is 24.8 Å². The molecule has 1 fully saturated rings. The number of methoxy groups -OCH3 is 1. The van der Waals surface area contributed by atoms with Gasteiger partial charge in [0, 0.05) is 32.8 Å². The van der Waals surface area contributed by atoms with Crippen molar-refractivity contribution in [2.75, 3.05) is 26.9 Å². The Hall–Kier alpha value is -1.14. The maximum atomic E-state index is 11.7. The SMILES string of the molecule is COC(CNC(=O)C1CCOCC1)CC(=O)O. The third-order valence-electron chi connectivity index (χ3n) is 2.83. The van der Waals surface area contributed by atoms with Gasteiger partial charge in [0.15, 0.2) is 0 Å². The standard InChI is InChI=1S/C11H19NO5/c1-16-9(6-10(13)14)7-12-11(15)8-2-4-17-5-3-8/h8-9H,2-7H2,1H3,(H,12,15)(H,13,14). The Balaban J connectivity index is 2.27. The summed E-state index contributed by atoms with van der Waals surface area (Å²) < 4.78 is 10.1. The van der Waals surface area contributed by atoms with Gasteiger partial charge in [-0.2, -0.15) is 0 Å². The fraction of sp³-hybridized carbons (Fsp3) is 0.818. The maximum absolute atomic E-state index is 11.7. The van der Waals surface area contributed by atoms with E-state index in [9.17, 15) is 9.59 Å². The minimum Gasteiger partial charge on any atom is -0.481 e. The van der Waals surface area contributed by atoms with Gasteiger partial charge < -0.3 is 19.9 Å². The van der Waals surface area contributed by atoms with Crippen molar-refractivity contribution in [3.8, 4) is 0 Å². The molecule has 0 aromatic rings. The average Bonchev–Trinajstić information content (AvgIpc) is 2.34. The van der Waals surface area contributed by atoms with Crippen molar-refractivity contribution in [1.82, 2.24) is 5.32 Å². The lowest BCUT2D eigenvalue weighted by Gasteiger charge is -2.22. The van der Waals surface area contributed by atoms with Gasteiger partial charge in [0.2, 0.25) is 5.91 Å². The molecule has 0 radical (unpaired) electrons. The normalized spacial score (nSPS) is 18.6. The molecule has 0 saturated carbocycles. The Bertz CT molecular complexity index is 263. The fourth-order valence-corrected chi connectivity index (χ4v) is 1.75. The first kappa shape index (κ1) is 13.9. The number of ether oxygens (including phenoxy) is 2. The third-order valence-corrected chi connectivity index (χ3v) is 2.83. The molecule has 0 aromatic carbocycles. The number of carbonyl (C=O) groups is 2. The number of carboxylic acid groups (broad SMARTS) is 1. The Morgan fingerprint density at radius 2 is 2.12 bits per heavy atom. The molecule has 0 spiro atoms. The predicted octanol–water partition coefficient (Wildman–Crippen LogP) is 0.0189. The highest BCUT2D eigenvalue weighted by molar-refractivity contribution is 5.78. The zero-order chi connectivity index (χ0) is 12.7. The van der Waals surface area contributed by atoms with Crippen molar-refractivity contribution >= 4 is 11.9 Å². The van der Waals surface area contributed by atoms with E-state index in [1.165, 1.54) is 7.11 Å². The topological polar surface area (TPSA) is 84.9 Å². The largest absolute Gasteiger partial charge is 0.481 e. The summed E-state index contributed by atoms with van der Waals surface area (Å²) in [6.07, 6.45) is 0.867. The number of carbonyl (C=O) groups excluding carboxylic acids is 1. The molecule has 0 bridgehead atoms. The lowest BCUT2D eigenvalue weighted by atomic mass is 9.99. The molecule has 1 aliphatic heterocycles. The number of rotatable bonds is 6. The number of amides is 1. The maximum Gasteiger partial charge on any atom is 0.306 e. The summed E-state index contributed by atoms with van der Waals surface area (Å²) >= 11 is 0. The van der Waals surface area contributed by atoms with Crippen LogP contribution in [0.25, 0.3) is 0 Å². The number of carboxylic acids is 1. The van der Waals surface area contributed by atoms with Gasteiger partial charge in [0.1, 0.15) is 0 Å². The lowest BCUT2D eigenvalue weighted by molar-refractivity contribution is -0.140. The minimum atomic E-state index is -0.933. The number of hydrogen-bond donors (Lipinski definition) is 2. The number of hydrogen-bond acceptors (Lipinski definition) is 4. The van der Waals surface area contributed by atoms with E-state index < -0.39 is 12.1 Å². The van der Waals surface area contributed by atoms with Crippen molar-refractivity contribution in [2.24, 2.45) is 5.92 Å². The fourth-order valence-electron chi connectivity index (χ4n) is 1.75. The van der Waals surface area contributed by atoms with Crippen LogP contribution in [0.5, 0.6) is 0 Å². The highest BCUT2D eigenvalue weighted by Gasteiger charge is 2.22. The smallest absolute Gasteiger partial charge is 0.306 e. The number of aliphatic carboxylic acids is 1. The Labute approximate surface area is 100 Å². The van der Waals surface area contributed by atoms with Crippen LogP contribution in [-0.2, 0) is 19.1 Å².